The monoisotopic (exact) mass is 395 g/mol. The Morgan fingerprint density at radius 2 is 1.96 bits per heavy atom. The summed E-state index contributed by atoms with van der Waals surface area (Å²) in [5.74, 6) is 1.68. The Morgan fingerprint density at radius 3 is 2.64 bits per heavy atom. The number of carbonyl (C=O) groups is 1. The lowest BCUT2D eigenvalue weighted by molar-refractivity contribution is 0.103. The molecule has 1 N–H and O–H groups in total. The minimum Gasteiger partial charge on any atom is -0.357 e. The largest absolute Gasteiger partial charge is 0.357 e. The SMILES string of the molecule is CCc1nc(C)c2c(C)c(C(=O)Nc3ccc(N4CCCCC4)nc3)sc2n1. The lowest BCUT2D eigenvalue weighted by Crippen LogP contribution is -2.30. The highest BCUT2D eigenvalue weighted by molar-refractivity contribution is 7.20. The average molecular weight is 396 g/mol. The zero-order valence-corrected chi connectivity index (χ0v) is 17.4. The summed E-state index contributed by atoms with van der Waals surface area (Å²) >= 11 is 1.43. The number of fused-ring (bicyclic) bond motifs is 1. The number of piperidine rings is 1. The molecule has 1 aliphatic heterocycles. The number of hydrogen-bond acceptors (Lipinski definition) is 6. The molecule has 0 aromatic carbocycles. The molecule has 3 aromatic heterocycles. The molecule has 0 radical (unpaired) electrons. The Morgan fingerprint density at radius 1 is 1.18 bits per heavy atom. The van der Waals surface area contributed by atoms with E-state index in [9.17, 15) is 4.79 Å². The summed E-state index contributed by atoms with van der Waals surface area (Å²) in [6, 6.07) is 3.92. The second kappa shape index (κ2) is 7.83. The highest BCUT2D eigenvalue weighted by Gasteiger charge is 2.19. The summed E-state index contributed by atoms with van der Waals surface area (Å²) in [5.41, 5.74) is 2.58. The van der Waals surface area contributed by atoms with Crippen LogP contribution in [0.25, 0.3) is 10.2 Å². The smallest absolute Gasteiger partial charge is 0.266 e. The topological polar surface area (TPSA) is 71.0 Å². The van der Waals surface area contributed by atoms with Crippen LogP contribution in [0, 0.1) is 13.8 Å². The van der Waals surface area contributed by atoms with Gasteiger partial charge >= 0.3 is 0 Å². The van der Waals surface area contributed by atoms with E-state index in [1.54, 1.807) is 6.20 Å². The van der Waals surface area contributed by atoms with Gasteiger partial charge in [-0.2, -0.15) is 0 Å². The molecule has 28 heavy (non-hydrogen) atoms. The van der Waals surface area contributed by atoms with E-state index in [1.807, 2.05) is 32.9 Å². The van der Waals surface area contributed by atoms with E-state index >= 15 is 0 Å². The zero-order valence-electron chi connectivity index (χ0n) is 16.6. The van der Waals surface area contributed by atoms with Crippen LogP contribution < -0.4 is 10.2 Å². The molecule has 7 heteroatoms. The molecule has 0 bridgehead atoms. The van der Waals surface area contributed by atoms with Gasteiger partial charge in [-0.25, -0.2) is 15.0 Å². The van der Waals surface area contributed by atoms with Crippen molar-refractivity contribution in [3.8, 4) is 0 Å². The van der Waals surface area contributed by atoms with E-state index in [-0.39, 0.29) is 5.91 Å². The first kappa shape index (κ1) is 18.8. The van der Waals surface area contributed by atoms with Crippen LogP contribution in [0.1, 0.15) is 52.9 Å². The number of rotatable bonds is 4. The summed E-state index contributed by atoms with van der Waals surface area (Å²) in [4.78, 5) is 30.4. The van der Waals surface area contributed by atoms with E-state index in [1.165, 1.54) is 30.6 Å². The molecule has 4 rings (SSSR count). The number of anilines is 2. The van der Waals surface area contributed by atoms with Crippen molar-refractivity contribution in [3.63, 3.8) is 0 Å². The van der Waals surface area contributed by atoms with Gasteiger partial charge in [-0.05, 0) is 50.8 Å². The molecule has 146 valence electrons. The summed E-state index contributed by atoms with van der Waals surface area (Å²) in [5, 5.41) is 3.97. The van der Waals surface area contributed by atoms with Crippen molar-refractivity contribution in [2.45, 2.75) is 46.5 Å². The Hall–Kier alpha value is -2.54. The molecule has 4 heterocycles. The van der Waals surface area contributed by atoms with Gasteiger partial charge in [-0.3, -0.25) is 4.79 Å². The summed E-state index contributed by atoms with van der Waals surface area (Å²) in [6.45, 7) is 8.09. The van der Waals surface area contributed by atoms with Gasteiger partial charge in [0.25, 0.3) is 5.91 Å². The molecule has 1 saturated heterocycles. The number of nitrogens with one attached hydrogen (secondary N) is 1. The number of thiophene rings is 1. The van der Waals surface area contributed by atoms with Gasteiger partial charge in [0.05, 0.1) is 16.8 Å². The molecule has 6 nitrogen and oxygen atoms in total. The number of aryl methyl sites for hydroxylation is 3. The third-order valence-electron chi connectivity index (χ3n) is 5.23. The predicted octanol–water partition coefficient (Wildman–Crippen LogP) is 4.51. The average Bonchev–Trinajstić information content (AvgIpc) is 3.06. The van der Waals surface area contributed by atoms with Crippen molar-refractivity contribution >= 4 is 39.0 Å². The van der Waals surface area contributed by atoms with Crippen molar-refractivity contribution in [2.24, 2.45) is 0 Å². The fraction of sp³-hybridized carbons (Fsp3) is 0.429. The fourth-order valence-electron chi connectivity index (χ4n) is 3.73. The standard InChI is InChI=1S/C21H25N5OS/c1-4-16-23-14(3)18-13(2)19(28-21(18)25-16)20(27)24-15-8-9-17(22-12-15)26-10-6-5-7-11-26/h8-9,12H,4-7,10-11H2,1-3H3,(H,24,27). The molecule has 0 unspecified atom stereocenters. The number of hydrogen-bond donors (Lipinski definition) is 1. The molecule has 1 fully saturated rings. The van der Waals surface area contributed by atoms with E-state index in [4.69, 9.17) is 0 Å². The molecule has 1 amide bonds. The van der Waals surface area contributed by atoms with Gasteiger partial charge < -0.3 is 10.2 Å². The van der Waals surface area contributed by atoms with Crippen molar-refractivity contribution < 1.29 is 4.79 Å². The summed E-state index contributed by atoms with van der Waals surface area (Å²) in [6.07, 6.45) is 6.25. The fourth-order valence-corrected chi connectivity index (χ4v) is 4.87. The lowest BCUT2D eigenvalue weighted by atomic mass is 10.1. The maximum absolute atomic E-state index is 12.9. The third kappa shape index (κ3) is 3.58. The predicted molar refractivity (Wildman–Crippen MR) is 115 cm³/mol. The quantitative estimate of drug-likeness (QED) is 0.704. The van der Waals surface area contributed by atoms with Gasteiger partial charge in [0.1, 0.15) is 16.5 Å². The normalized spacial score (nSPS) is 14.5. The second-order valence-electron chi connectivity index (χ2n) is 7.22. The van der Waals surface area contributed by atoms with Crippen molar-refractivity contribution in [1.29, 1.82) is 0 Å². The van der Waals surface area contributed by atoms with Crippen LogP contribution in [0.5, 0.6) is 0 Å². The maximum atomic E-state index is 12.9. The highest BCUT2D eigenvalue weighted by Crippen LogP contribution is 2.32. The third-order valence-corrected chi connectivity index (χ3v) is 6.41. The van der Waals surface area contributed by atoms with Crippen LogP contribution in [0.4, 0.5) is 11.5 Å². The number of amides is 1. The Bertz CT molecular complexity index is 1010. The van der Waals surface area contributed by atoms with Crippen LogP contribution in [-0.4, -0.2) is 33.9 Å². The molecular formula is C21H25N5OS. The van der Waals surface area contributed by atoms with Gasteiger partial charge in [0, 0.05) is 30.6 Å². The first-order valence-corrected chi connectivity index (χ1v) is 10.7. The van der Waals surface area contributed by atoms with Gasteiger partial charge in [-0.1, -0.05) is 6.92 Å². The molecule has 0 atom stereocenters. The van der Waals surface area contributed by atoms with Gasteiger partial charge in [0.2, 0.25) is 0 Å². The minimum absolute atomic E-state index is 0.120. The molecular weight excluding hydrogens is 370 g/mol. The minimum atomic E-state index is -0.120. The Balaban J connectivity index is 1.55. The molecule has 0 saturated carbocycles. The summed E-state index contributed by atoms with van der Waals surface area (Å²) in [7, 11) is 0. The number of aromatic nitrogens is 3. The maximum Gasteiger partial charge on any atom is 0.266 e. The second-order valence-corrected chi connectivity index (χ2v) is 8.22. The molecule has 1 aliphatic rings. The van der Waals surface area contributed by atoms with Crippen LogP contribution >= 0.6 is 11.3 Å². The van der Waals surface area contributed by atoms with Gasteiger partial charge in [-0.15, -0.1) is 11.3 Å². The number of nitrogens with zero attached hydrogens (tertiary/aromatic N) is 4. The number of pyridine rings is 1. The van der Waals surface area contributed by atoms with E-state index in [0.29, 0.717) is 10.6 Å². The van der Waals surface area contributed by atoms with E-state index < -0.39 is 0 Å². The van der Waals surface area contributed by atoms with Crippen molar-refractivity contribution in [2.75, 3.05) is 23.3 Å². The lowest BCUT2D eigenvalue weighted by Gasteiger charge is -2.27. The van der Waals surface area contributed by atoms with E-state index in [2.05, 4.69) is 25.2 Å². The van der Waals surface area contributed by atoms with Crippen LogP contribution in [-0.2, 0) is 6.42 Å². The number of carbonyl (C=O) groups excluding carboxylic acids is 1. The van der Waals surface area contributed by atoms with Crippen LogP contribution in [0.2, 0.25) is 0 Å². The zero-order chi connectivity index (χ0) is 19.7. The van der Waals surface area contributed by atoms with Crippen molar-refractivity contribution in [1.82, 2.24) is 15.0 Å². The van der Waals surface area contributed by atoms with Gasteiger partial charge in [0.15, 0.2) is 0 Å². The summed E-state index contributed by atoms with van der Waals surface area (Å²) < 4.78 is 0. The van der Waals surface area contributed by atoms with Crippen LogP contribution in [0.15, 0.2) is 18.3 Å². The molecule has 3 aromatic rings. The van der Waals surface area contributed by atoms with Crippen molar-refractivity contribution in [3.05, 3.63) is 40.3 Å². The Labute approximate surface area is 169 Å². The first-order valence-electron chi connectivity index (χ1n) is 9.85. The van der Waals surface area contributed by atoms with E-state index in [0.717, 1.165) is 52.6 Å². The first-order chi connectivity index (χ1) is 13.6. The highest BCUT2D eigenvalue weighted by atomic mass is 32.1. The Kier molecular flexibility index (Phi) is 5.26. The molecule has 0 spiro atoms. The van der Waals surface area contributed by atoms with Crippen LogP contribution in [0.3, 0.4) is 0 Å². The molecule has 0 aliphatic carbocycles.